The van der Waals surface area contributed by atoms with Gasteiger partial charge >= 0.3 is 0 Å². The Kier molecular flexibility index (Phi) is 8.00. The van der Waals surface area contributed by atoms with Crippen LogP contribution in [0.1, 0.15) is 38.3 Å². The van der Waals surface area contributed by atoms with Gasteiger partial charge in [-0.2, -0.15) is 0 Å². The summed E-state index contributed by atoms with van der Waals surface area (Å²) in [5, 5.41) is 3.07. The fourth-order valence-electron chi connectivity index (χ4n) is 3.03. The van der Waals surface area contributed by atoms with Crippen molar-refractivity contribution < 1.29 is 14.0 Å². The van der Waals surface area contributed by atoms with Crippen LogP contribution >= 0.6 is 11.6 Å². The van der Waals surface area contributed by atoms with Crippen molar-refractivity contribution in [3.8, 4) is 0 Å². The zero-order valence-electron chi connectivity index (χ0n) is 16.4. The van der Waals surface area contributed by atoms with Gasteiger partial charge in [0.1, 0.15) is 11.9 Å². The SMILES string of the molecule is CC[C@@H](C(=O)NC(C)C)N(Cc1ccccc1)C(=O)Cc1c(F)cccc1Cl. The first-order chi connectivity index (χ1) is 13.3. The molecule has 0 bridgehead atoms. The molecule has 0 aliphatic heterocycles. The monoisotopic (exact) mass is 404 g/mol. The molecule has 0 spiro atoms. The van der Waals surface area contributed by atoms with E-state index in [1.165, 1.54) is 17.0 Å². The van der Waals surface area contributed by atoms with E-state index >= 15 is 0 Å². The van der Waals surface area contributed by atoms with Gasteiger partial charge in [0.15, 0.2) is 0 Å². The van der Waals surface area contributed by atoms with Crippen LogP contribution in [-0.4, -0.2) is 28.8 Å². The lowest BCUT2D eigenvalue weighted by Crippen LogP contribution is -2.50. The summed E-state index contributed by atoms with van der Waals surface area (Å²) in [6, 6.07) is 13.1. The second kappa shape index (κ2) is 10.2. The van der Waals surface area contributed by atoms with E-state index in [9.17, 15) is 14.0 Å². The molecule has 0 aromatic heterocycles. The Morgan fingerprint density at radius 1 is 1.11 bits per heavy atom. The number of nitrogens with zero attached hydrogens (tertiary/aromatic N) is 1. The van der Waals surface area contributed by atoms with Crippen molar-refractivity contribution in [3.63, 3.8) is 0 Å². The molecule has 1 atom stereocenters. The Morgan fingerprint density at radius 3 is 2.36 bits per heavy atom. The molecule has 0 heterocycles. The third-order valence-electron chi connectivity index (χ3n) is 4.40. The fourth-order valence-corrected chi connectivity index (χ4v) is 3.26. The number of hydrogen-bond donors (Lipinski definition) is 1. The number of carbonyl (C=O) groups excluding carboxylic acids is 2. The Balaban J connectivity index is 2.33. The topological polar surface area (TPSA) is 49.4 Å². The molecule has 0 radical (unpaired) electrons. The first-order valence-electron chi connectivity index (χ1n) is 9.40. The van der Waals surface area contributed by atoms with Crippen molar-refractivity contribution in [1.82, 2.24) is 10.2 Å². The van der Waals surface area contributed by atoms with E-state index in [0.717, 1.165) is 5.56 Å². The maximum Gasteiger partial charge on any atom is 0.243 e. The quantitative estimate of drug-likeness (QED) is 0.710. The normalized spacial score (nSPS) is 11.9. The van der Waals surface area contributed by atoms with Gasteiger partial charge in [-0.3, -0.25) is 9.59 Å². The molecule has 0 saturated heterocycles. The Bertz CT molecular complexity index is 791. The molecule has 2 aromatic rings. The summed E-state index contributed by atoms with van der Waals surface area (Å²) in [4.78, 5) is 27.3. The highest BCUT2D eigenvalue weighted by Crippen LogP contribution is 2.22. The third-order valence-corrected chi connectivity index (χ3v) is 4.76. The summed E-state index contributed by atoms with van der Waals surface area (Å²) in [6.07, 6.45) is 0.242. The van der Waals surface area contributed by atoms with Crippen molar-refractivity contribution in [2.45, 2.75) is 52.2 Å². The highest BCUT2D eigenvalue weighted by atomic mass is 35.5. The maximum atomic E-state index is 14.2. The van der Waals surface area contributed by atoms with Gasteiger partial charge in [0.05, 0.1) is 6.42 Å². The first-order valence-corrected chi connectivity index (χ1v) is 9.77. The minimum absolute atomic E-state index is 0.0451. The van der Waals surface area contributed by atoms with Crippen LogP contribution in [0.5, 0.6) is 0 Å². The van der Waals surface area contributed by atoms with Gasteiger partial charge < -0.3 is 10.2 Å². The van der Waals surface area contributed by atoms with Crippen molar-refractivity contribution in [2.75, 3.05) is 0 Å². The minimum Gasteiger partial charge on any atom is -0.352 e. The van der Waals surface area contributed by atoms with Crippen LogP contribution in [0, 0.1) is 5.82 Å². The number of hydrogen-bond acceptors (Lipinski definition) is 2. The number of carbonyl (C=O) groups is 2. The molecule has 2 amide bonds. The van der Waals surface area contributed by atoms with E-state index < -0.39 is 11.9 Å². The zero-order chi connectivity index (χ0) is 20.7. The molecule has 0 aliphatic rings. The van der Waals surface area contributed by atoms with Gasteiger partial charge in [0, 0.05) is 23.2 Å². The van der Waals surface area contributed by atoms with Crippen LogP contribution in [0.25, 0.3) is 0 Å². The van der Waals surface area contributed by atoms with Crippen molar-refractivity contribution in [3.05, 3.63) is 70.5 Å². The van der Waals surface area contributed by atoms with Crippen LogP contribution in [0.3, 0.4) is 0 Å². The summed E-state index contributed by atoms with van der Waals surface area (Å²) in [6.45, 7) is 5.85. The Hall–Kier alpha value is -2.40. The molecule has 0 aliphatic carbocycles. The van der Waals surface area contributed by atoms with E-state index in [1.54, 1.807) is 6.07 Å². The van der Waals surface area contributed by atoms with Gasteiger partial charge in [-0.05, 0) is 38.0 Å². The summed E-state index contributed by atoms with van der Waals surface area (Å²) in [5.41, 5.74) is 1.04. The molecule has 0 unspecified atom stereocenters. The molecule has 0 saturated carbocycles. The minimum atomic E-state index is -0.652. The lowest BCUT2D eigenvalue weighted by Gasteiger charge is -2.31. The highest BCUT2D eigenvalue weighted by molar-refractivity contribution is 6.31. The zero-order valence-corrected chi connectivity index (χ0v) is 17.2. The average molecular weight is 405 g/mol. The second-order valence-electron chi connectivity index (χ2n) is 6.97. The van der Waals surface area contributed by atoms with Crippen LogP contribution in [0.4, 0.5) is 4.39 Å². The van der Waals surface area contributed by atoms with Crippen molar-refractivity contribution in [1.29, 1.82) is 0 Å². The molecule has 28 heavy (non-hydrogen) atoms. The molecular formula is C22H26ClFN2O2. The van der Waals surface area contributed by atoms with Gasteiger partial charge in [-0.25, -0.2) is 4.39 Å². The number of amides is 2. The predicted molar refractivity (Wildman–Crippen MR) is 109 cm³/mol. The predicted octanol–water partition coefficient (Wildman–Crippen LogP) is 4.35. The van der Waals surface area contributed by atoms with Crippen LogP contribution in [0.2, 0.25) is 5.02 Å². The molecular weight excluding hydrogens is 379 g/mol. The van der Waals surface area contributed by atoms with Gasteiger partial charge in [0.2, 0.25) is 11.8 Å². The molecule has 2 rings (SSSR count). The number of benzene rings is 2. The molecule has 1 N–H and O–H groups in total. The van der Waals surface area contributed by atoms with Crippen LogP contribution in [-0.2, 0) is 22.6 Å². The van der Waals surface area contributed by atoms with Crippen LogP contribution in [0.15, 0.2) is 48.5 Å². The molecule has 150 valence electrons. The van der Waals surface area contributed by atoms with E-state index in [2.05, 4.69) is 5.32 Å². The Labute approximate surface area is 170 Å². The lowest BCUT2D eigenvalue weighted by molar-refractivity contribution is -0.141. The number of halogens is 2. The number of rotatable bonds is 8. The van der Waals surface area contributed by atoms with E-state index in [1.807, 2.05) is 51.1 Å². The summed E-state index contributed by atoms with van der Waals surface area (Å²) >= 11 is 6.09. The molecule has 0 fully saturated rings. The molecule has 4 nitrogen and oxygen atoms in total. The number of nitrogens with one attached hydrogen (secondary N) is 1. The second-order valence-corrected chi connectivity index (χ2v) is 7.38. The summed E-state index contributed by atoms with van der Waals surface area (Å²) in [5.74, 6) is -1.09. The largest absolute Gasteiger partial charge is 0.352 e. The highest BCUT2D eigenvalue weighted by Gasteiger charge is 2.29. The maximum absolute atomic E-state index is 14.2. The third kappa shape index (κ3) is 5.80. The van der Waals surface area contributed by atoms with Crippen molar-refractivity contribution in [2.24, 2.45) is 0 Å². The average Bonchev–Trinajstić information content (AvgIpc) is 2.64. The summed E-state index contributed by atoms with van der Waals surface area (Å²) < 4.78 is 14.2. The van der Waals surface area contributed by atoms with Gasteiger partial charge in [0.25, 0.3) is 0 Å². The van der Waals surface area contributed by atoms with Gasteiger partial charge in [-0.15, -0.1) is 0 Å². The van der Waals surface area contributed by atoms with Crippen LogP contribution < -0.4 is 5.32 Å². The van der Waals surface area contributed by atoms with E-state index in [-0.39, 0.29) is 41.4 Å². The standard InChI is InChI=1S/C22H26ClFN2O2/c1-4-20(22(28)25-15(2)3)26(14-16-9-6-5-7-10-16)21(27)13-17-18(23)11-8-12-19(17)24/h5-12,15,20H,4,13-14H2,1-3H3,(H,25,28)/t20-/m0/s1. The smallest absolute Gasteiger partial charge is 0.243 e. The summed E-state index contributed by atoms with van der Waals surface area (Å²) in [7, 11) is 0. The first kappa shape index (κ1) is 21.9. The molecule has 6 heteroatoms. The van der Waals surface area contributed by atoms with Crippen molar-refractivity contribution >= 4 is 23.4 Å². The van der Waals surface area contributed by atoms with E-state index in [0.29, 0.717) is 6.42 Å². The molecule has 2 aromatic carbocycles. The Morgan fingerprint density at radius 2 is 1.79 bits per heavy atom. The van der Waals surface area contributed by atoms with Gasteiger partial charge in [-0.1, -0.05) is 54.9 Å². The van der Waals surface area contributed by atoms with E-state index in [4.69, 9.17) is 11.6 Å². The lowest BCUT2D eigenvalue weighted by atomic mass is 10.1. The fraction of sp³-hybridized carbons (Fsp3) is 0.364.